The lowest BCUT2D eigenvalue weighted by Crippen LogP contribution is -2.49. The molecule has 0 radical (unpaired) electrons. The number of amides is 2. The van der Waals surface area contributed by atoms with E-state index in [0.717, 1.165) is 22.2 Å². The molecule has 0 spiro atoms. The highest BCUT2D eigenvalue weighted by Crippen LogP contribution is 2.25. The zero-order chi connectivity index (χ0) is 23.3. The fraction of sp³-hybridized carbons (Fsp3) is 0.400. The maximum Gasteiger partial charge on any atom is 0.408 e. The molecule has 0 unspecified atom stereocenters. The number of ether oxygens (including phenoxy) is 1. The average Bonchev–Trinajstić information content (AvgIpc) is 3.10. The van der Waals surface area contributed by atoms with Crippen molar-refractivity contribution in [3.05, 3.63) is 66.1 Å². The Morgan fingerprint density at radius 1 is 1.09 bits per heavy atom. The molecule has 2 heterocycles. The van der Waals surface area contributed by atoms with E-state index in [4.69, 9.17) is 4.74 Å². The van der Waals surface area contributed by atoms with Crippen molar-refractivity contribution in [1.29, 1.82) is 0 Å². The van der Waals surface area contributed by atoms with Crippen LogP contribution in [0.4, 0.5) is 4.79 Å². The fourth-order valence-corrected chi connectivity index (χ4v) is 3.55. The van der Waals surface area contributed by atoms with E-state index >= 15 is 0 Å². The maximum atomic E-state index is 13.1. The van der Waals surface area contributed by atoms with Crippen molar-refractivity contribution in [2.45, 2.75) is 65.3 Å². The summed E-state index contributed by atoms with van der Waals surface area (Å²) in [5.74, 6) is -0.289. The van der Waals surface area contributed by atoms with E-state index in [0.29, 0.717) is 6.42 Å². The van der Waals surface area contributed by atoms with Gasteiger partial charge in [-0.15, -0.1) is 0 Å². The largest absolute Gasteiger partial charge is 0.444 e. The summed E-state index contributed by atoms with van der Waals surface area (Å²) in [6.45, 7) is 9.88. The summed E-state index contributed by atoms with van der Waals surface area (Å²) in [4.78, 5) is 29.8. The van der Waals surface area contributed by atoms with E-state index in [1.807, 2.05) is 36.4 Å². The average molecular weight is 437 g/mol. The van der Waals surface area contributed by atoms with E-state index in [1.54, 1.807) is 27.0 Å². The molecule has 0 fully saturated rings. The normalized spacial score (nSPS) is 12.6. The molecule has 0 aliphatic heterocycles. The zero-order valence-corrected chi connectivity index (χ0v) is 19.4. The van der Waals surface area contributed by atoms with Crippen LogP contribution in [-0.4, -0.2) is 33.2 Å². The second-order valence-electron chi connectivity index (χ2n) is 9.11. The molecule has 170 valence electrons. The van der Waals surface area contributed by atoms with Gasteiger partial charge in [0.2, 0.25) is 5.91 Å². The molecule has 0 saturated heterocycles. The molecule has 1 atom stereocenters. The number of nitrogens with one attached hydrogen (secondary N) is 2. The number of pyridine rings is 1. The highest BCUT2D eigenvalue weighted by Gasteiger charge is 2.26. The molecule has 2 N–H and O–H groups in total. The number of rotatable bonds is 7. The Kier molecular flexibility index (Phi) is 7.18. The smallest absolute Gasteiger partial charge is 0.408 e. The van der Waals surface area contributed by atoms with Gasteiger partial charge in [0.15, 0.2) is 0 Å². The Labute approximate surface area is 189 Å². The van der Waals surface area contributed by atoms with Crippen LogP contribution in [0.2, 0.25) is 0 Å². The van der Waals surface area contributed by atoms with Crippen LogP contribution in [0.1, 0.15) is 51.9 Å². The van der Waals surface area contributed by atoms with E-state index in [9.17, 15) is 9.59 Å². The summed E-state index contributed by atoms with van der Waals surface area (Å²) in [6.07, 6.45) is 3.46. The standard InChI is InChI=1S/C25H32N4O3/c1-17(2)29-16-18(20-11-6-7-12-22(20)29)14-21(28-24(31)32-25(3,4)5)23(30)27-15-19-10-8-9-13-26-19/h6-13,16-17,21H,14-15H2,1-5H3,(H,27,30)(H,28,31)/t21-/m0/s1. The van der Waals surface area contributed by atoms with E-state index < -0.39 is 17.7 Å². The van der Waals surface area contributed by atoms with Crippen molar-refractivity contribution < 1.29 is 14.3 Å². The summed E-state index contributed by atoms with van der Waals surface area (Å²) in [6, 6.07) is 13.1. The minimum Gasteiger partial charge on any atom is -0.444 e. The Morgan fingerprint density at radius 3 is 2.47 bits per heavy atom. The van der Waals surface area contributed by atoms with Gasteiger partial charge in [0.1, 0.15) is 11.6 Å². The van der Waals surface area contributed by atoms with E-state index in [2.05, 4.69) is 46.3 Å². The Morgan fingerprint density at radius 2 is 1.81 bits per heavy atom. The van der Waals surface area contributed by atoms with Gasteiger partial charge in [0, 0.05) is 35.8 Å². The number of para-hydroxylation sites is 1. The van der Waals surface area contributed by atoms with Crippen LogP contribution in [0.25, 0.3) is 10.9 Å². The van der Waals surface area contributed by atoms with Gasteiger partial charge in [-0.25, -0.2) is 4.79 Å². The molecular weight excluding hydrogens is 404 g/mol. The van der Waals surface area contributed by atoms with Crippen molar-refractivity contribution in [3.63, 3.8) is 0 Å². The number of nitrogens with zero attached hydrogens (tertiary/aromatic N) is 2. The third kappa shape index (κ3) is 6.09. The summed E-state index contributed by atoms with van der Waals surface area (Å²) >= 11 is 0. The van der Waals surface area contributed by atoms with Gasteiger partial charge in [-0.2, -0.15) is 0 Å². The highest BCUT2D eigenvalue weighted by atomic mass is 16.6. The highest BCUT2D eigenvalue weighted by molar-refractivity contribution is 5.88. The first-order valence-electron chi connectivity index (χ1n) is 10.9. The van der Waals surface area contributed by atoms with Crippen LogP contribution in [0, 0.1) is 0 Å². The molecule has 0 bridgehead atoms. The van der Waals surface area contributed by atoms with Gasteiger partial charge >= 0.3 is 6.09 Å². The monoisotopic (exact) mass is 436 g/mol. The van der Waals surface area contributed by atoms with Gasteiger partial charge in [0.25, 0.3) is 0 Å². The Bertz CT molecular complexity index is 1070. The van der Waals surface area contributed by atoms with Crippen LogP contribution < -0.4 is 10.6 Å². The van der Waals surface area contributed by atoms with Crippen LogP contribution >= 0.6 is 0 Å². The minimum absolute atomic E-state index is 0.267. The minimum atomic E-state index is -0.792. The number of alkyl carbamates (subject to hydrolysis) is 1. The van der Waals surface area contributed by atoms with Gasteiger partial charge < -0.3 is 19.9 Å². The quantitative estimate of drug-likeness (QED) is 0.576. The summed E-state index contributed by atoms with van der Waals surface area (Å²) < 4.78 is 7.58. The van der Waals surface area contributed by atoms with Gasteiger partial charge in [-0.3, -0.25) is 9.78 Å². The summed E-state index contributed by atoms with van der Waals surface area (Å²) in [5.41, 5.74) is 2.17. The predicted octanol–water partition coefficient (Wildman–Crippen LogP) is 4.37. The second-order valence-corrected chi connectivity index (χ2v) is 9.11. The molecule has 0 aliphatic carbocycles. The van der Waals surface area contributed by atoms with Crippen molar-refractivity contribution in [1.82, 2.24) is 20.2 Å². The maximum absolute atomic E-state index is 13.1. The molecular formula is C25H32N4O3. The molecule has 7 heteroatoms. The third-order valence-electron chi connectivity index (χ3n) is 4.98. The van der Waals surface area contributed by atoms with E-state index in [-0.39, 0.29) is 18.5 Å². The van der Waals surface area contributed by atoms with Crippen LogP contribution in [0.3, 0.4) is 0 Å². The first-order chi connectivity index (χ1) is 15.1. The number of carbonyl (C=O) groups excluding carboxylic acids is 2. The number of hydrogen-bond donors (Lipinski definition) is 2. The molecule has 7 nitrogen and oxygen atoms in total. The lowest BCUT2D eigenvalue weighted by atomic mass is 10.0. The molecule has 1 aromatic carbocycles. The Balaban J connectivity index is 1.84. The third-order valence-corrected chi connectivity index (χ3v) is 4.98. The first-order valence-corrected chi connectivity index (χ1v) is 10.9. The zero-order valence-electron chi connectivity index (χ0n) is 19.4. The van der Waals surface area contributed by atoms with Gasteiger partial charge in [-0.05, 0) is 58.4 Å². The number of benzene rings is 1. The first kappa shape index (κ1) is 23.3. The number of aromatic nitrogens is 2. The van der Waals surface area contributed by atoms with Crippen molar-refractivity contribution in [3.8, 4) is 0 Å². The topological polar surface area (TPSA) is 85.2 Å². The molecule has 32 heavy (non-hydrogen) atoms. The van der Waals surface area contributed by atoms with Crippen molar-refractivity contribution >= 4 is 22.9 Å². The number of hydrogen-bond acceptors (Lipinski definition) is 4. The molecule has 2 aromatic heterocycles. The molecule has 3 aromatic rings. The van der Waals surface area contributed by atoms with Gasteiger partial charge in [0.05, 0.1) is 12.2 Å². The summed E-state index contributed by atoms with van der Waals surface area (Å²) in [7, 11) is 0. The van der Waals surface area contributed by atoms with Crippen LogP contribution in [0.5, 0.6) is 0 Å². The van der Waals surface area contributed by atoms with Crippen molar-refractivity contribution in [2.24, 2.45) is 0 Å². The van der Waals surface area contributed by atoms with Crippen LogP contribution in [0.15, 0.2) is 54.9 Å². The lowest BCUT2D eigenvalue weighted by molar-refractivity contribution is -0.123. The molecule has 2 amide bonds. The van der Waals surface area contributed by atoms with Crippen molar-refractivity contribution in [2.75, 3.05) is 0 Å². The second kappa shape index (κ2) is 9.85. The number of fused-ring (bicyclic) bond motifs is 1. The van der Waals surface area contributed by atoms with Gasteiger partial charge in [-0.1, -0.05) is 24.3 Å². The molecule has 3 rings (SSSR count). The molecule has 0 aliphatic rings. The number of carbonyl (C=O) groups is 2. The summed E-state index contributed by atoms with van der Waals surface area (Å²) in [5, 5.41) is 6.71. The Hall–Kier alpha value is -3.35. The molecule has 0 saturated carbocycles. The van der Waals surface area contributed by atoms with Crippen LogP contribution in [-0.2, 0) is 22.5 Å². The lowest BCUT2D eigenvalue weighted by Gasteiger charge is -2.23. The SMILES string of the molecule is CC(C)n1cc(C[C@H](NC(=O)OC(C)(C)C)C(=O)NCc2ccccn2)c2ccccc21. The van der Waals surface area contributed by atoms with E-state index in [1.165, 1.54) is 0 Å². The fourth-order valence-electron chi connectivity index (χ4n) is 3.55. The predicted molar refractivity (Wildman–Crippen MR) is 125 cm³/mol.